The largest absolute Gasteiger partial charge is 0.454 e. The standard InChI is InChI=1S/C16H16ClN5O2/c1-3-13-19-20-14(22(13)2)9-24-16(23)12-8-18-21-15(12)10-4-6-11(17)7-5-10/h4-8H,3,9H2,1-2H3,(H,18,21). The zero-order chi connectivity index (χ0) is 17.1. The predicted octanol–water partition coefficient (Wildman–Crippen LogP) is 2.78. The number of esters is 1. The lowest BCUT2D eigenvalue weighted by Gasteiger charge is -2.06. The van der Waals surface area contributed by atoms with Gasteiger partial charge in [-0.1, -0.05) is 30.7 Å². The van der Waals surface area contributed by atoms with Crippen LogP contribution in [-0.2, 0) is 24.8 Å². The van der Waals surface area contributed by atoms with Gasteiger partial charge >= 0.3 is 5.97 Å². The molecule has 7 nitrogen and oxygen atoms in total. The summed E-state index contributed by atoms with van der Waals surface area (Å²) >= 11 is 5.89. The zero-order valence-corrected chi connectivity index (χ0v) is 14.0. The highest BCUT2D eigenvalue weighted by Gasteiger charge is 2.18. The number of carbonyl (C=O) groups excluding carboxylic acids is 1. The Morgan fingerprint density at radius 3 is 2.62 bits per heavy atom. The van der Waals surface area contributed by atoms with E-state index in [0.29, 0.717) is 22.1 Å². The fourth-order valence-corrected chi connectivity index (χ4v) is 2.44. The molecule has 0 spiro atoms. The molecule has 1 aromatic carbocycles. The summed E-state index contributed by atoms with van der Waals surface area (Å²) in [6.07, 6.45) is 2.21. The molecule has 0 amide bonds. The summed E-state index contributed by atoms with van der Waals surface area (Å²) in [6.45, 7) is 2.04. The first kappa shape index (κ1) is 16.2. The van der Waals surface area contributed by atoms with Gasteiger partial charge in [0.25, 0.3) is 0 Å². The van der Waals surface area contributed by atoms with Crippen LogP contribution in [0.15, 0.2) is 30.5 Å². The molecule has 0 aliphatic heterocycles. The molecule has 3 aromatic rings. The summed E-state index contributed by atoms with van der Waals surface area (Å²) in [4.78, 5) is 12.4. The van der Waals surface area contributed by atoms with Crippen molar-refractivity contribution in [1.29, 1.82) is 0 Å². The van der Waals surface area contributed by atoms with Gasteiger partial charge in [-0.3, -0.25) is 5.10 Å². The zero-order valence-electron chi connectivity index (χ0n) is 13.3. The normalized spacial score (nSPS) is 10.8. The van der Waals surface area contributed by atoms with Gasteiger partial charge in [0.1, 0.15) is 11.4 Å². The van der Waals surface area contributed by atoms with Crippen LogP contribution in [0.1, 0.15) is 28.9 Å². The van der Waals surface area contributed by atoms with E-state index < -0.39 is 5.97 Å². The molecule has 0 bridgehead atoms. The van der Waals surface area contributed by atoms with Crippen molar-refractivity contribution in [3.05, 3.63) is 52.7 Å². The maximum atomic E-state index is 12.4. The molecule has 0 aliphatic rings. The van der Waals surface area contributed by atoms with E-state index in [0.717, 1.165) is 17.8 Å². The number of halogens is 1. The number of nitrogens with zero attached hydrogens (tertiary/aromatic N) is 4. The minimum absolute atomic E-state index is 0.0492. The lowest BCUT2D eigenvalue weighted by molar-refractivity contribution is 0.0459. The van der Waals surface area contributed by atoms with E-state index in [1.807, 2.05) is 30.7 Å². The molecule has 2 heterocycles. The van der Waals surface area contributed by atoms with Gasteiger partial charge in [0, 0.05) is 24.1 Å². The molecule has 2 aromatic heterocycles. The van der Waals surface area contributed by atoms with E-state index in [1.54, 1.807) is 12.1 Å². The smallest absolute Gasteiger partial charge is 0.342 e. The summed E-state index contributed by atoms with van der Waals surface area (Å²) in [5.74, 6) is 0.956. The number of aryl methyl sites for hydroxylation is 1. The van der Waals surface area contributed by atoms with Gasteiger partial charge in [-0.05, 0) is 12.1 Å². The summed E-state index contributed by atoms with van der Waals surface area (Å²) in [5.41, 5.74) is 1.75. The quantitative estimate of drug-likeness (QED) is 0.718. The fourth-order valence-electron chi connectivity index (χ4n) is 2.32. The predicted molar refractivity (Wildman–Crippen MR) is 88.5 cm³/mol. The lowest BCUT2D eigenvalue weighted by Crippen LogP contribution is -2.09. The van der Waals surface area contributed by atoms with Crippen molar-refractivity contribution in [2.24, 2.45) is 7.05 Å². The van der Waals surface area contributed by atoms with Crippen molar-refractivity contribution < 1.29 is 9.53 Å². The number of aromatic amines is 1. The molecule has 0 saturated heterocycles. The lowest BCUT2D eigenvalue weighted by atomic mass is 10.1. The van der Waals surface area contributed by atoms with Crippen molar-refractivity contribution in [3.63, 3.8) is 0 Å². The highest BCUT2D eigenvalue weighted by atomic mass is 35.5. The molecule has 3 rings (SSSR count). The Morgan fingerprint density at radius 2 is 1.96 bits per heavy atom. The summed E-state index contributed by atoms with van der Waals surface area (Å²) < 4.78 is 7.17. The van der Waals surface area contributed by atoms with Gasteiger partial charge in [-0.15, -0.1) is 10.2 Å². The molecule has 24 heavy (non-hydrogen) atoms. The molecule has 0 unspecified atom stereocenters. The van der Waals surface area contributed by atoms with E-state index in [9.17, 15) is 4.79 Å². The topological polar surface area (TPSA) is 85.7 Å². The second-order valence-electron chi connectivity index (χ2n) is 5.19. The average molecular weight is 346 g/mol. The second kappa shape index (κ2) is 6.84. The van der Waals surface area contributed by atoms with Crippen LogP contribution in [0.25, 0.3) is 11.3 Å². The van der Waals surface area contributed by atoms with Crippen LogP contribution in [0.5, 0.6) is 0 Å². The summed E-state index contributed by atoms with van der Waals surface area (Å²) in [5, 5.41) is 15.4. The van der Waals surface area contributed by atoms with E-state index >= 15 is 0 Å². The molecule has 0 aliphatic carbocycles. The Labute approximate surface area is 143 Å². The Bertz CT molecular complexity index is 854. The Kier molecular flexibility index (Phi) is 4.61. The Hall–Kier alpha value is -2.67. The van der Waals surface area contributed by atoms with Crippen LogP contribution in [-0.4, -0.2) is 30.9 Å². The van der Waals surface area contributed by atoms with Crippen LogP contribution in [0.3, 0.4) is 0 Å². The van der Waals surface area contributed by atoms with Gasteiger partial charge in [0.2, 0.25) is 0 Å². The molecule has 124 valence electrons. The molecule has 1 N–H and O–H groups in total. The Morgan fingerprint density at radius 1 is 1.25 bits per heavy atom. The number of aromatic nitrogens is 5. The Balaban J connectivity index is 1.75. The maximum Gasteiger partial charge on any atom is 0.342 e. The van der Waals surface area contributed by atoms with E-state index in [4.69, 9.17) is 16.3 Å². The molecule has 0 radical (unpaired) electrons. The van der Waals surface area contributed by atoms with Crippen LogP contribution >= 0.6 is 11.6 Å². The van der Waals surface area contributed by atoms with Gasteiger partial charge in [-0.2, -0.15) is 5.10 Å². The van der Waals surface area contributed by atoms with E-state index in [1.165, 1.54) is 6.20 Å². The SMILES string of the molecule is CCc1nnc(COC(=O)c2cn[nH]c2-c2ccc(Cl)cc2)n1C. The monoisotopic (exact) mass is 345 g/mol. The number of benzene rings is 1. The molecule has 8 heteroatoms. The number of ether oxygens (including phenoxy) is 1. The van der Waals surface area contributed by atoms with Crippen LogP contribution in [0.2, 0.25) is 5.02 Å². The van der Waals surface area contributed by atoms with Gasteiger partial charge in [0.05, 0.1) is 11.9 Å². The number of H-pyrrole nitrogens is 1. The van der Waals surface area contributed by atoms with Crippen molar-refractivity contribution in [2.75, 3.05) is 0 Å². The van der Waals surface area contributed by atoms with Crippen molar-refractivity contribution >= 4 is 17.6 Å². The minimum atomic E-state index is -0.477. The summed E-state index contributed by atoms with van der Waals surface area (Å²) in [6, 6.07) is 7.11. The first-order valence-electron chi connectivity index (χ1n) is 7.43. The first-order chi connectivity index (χ1) is 11.6. The number of hydrogen-bond donors (Lipinski definition) is 1. The van der Waals surface area contributed by atoms with E-state index in [2.05, 4.69) is 20.4 Å². The highest BCUT2D eigenvalue weighted by molar-refractivity contribution is 6.30. The fraction of sp³-hybridized carbons (Fsp3) is 0.250. The molecular formula is C16H16ClN5O2. The van der Waals surface area contributed by atoms with Crippen molar-refractivity contribution in [2.45, 2.75) is 20.0 Å². The number of rotatable bonds is 5. The molecular weight excluding hydrogens is 330 g/mol. The van der Waals surface area contributed by atoms with Crippen LogP contribution in [0.4, 0.5) is 0 Å². The van der Waals surface area contributed by atoms with Crippen LogP contribution in [0, 0.1) is 0 Å². The third-order valence-corrected chi connectivity index (χ3v) is 3.95. The number of hydrogen-bond acceptors (Lipinski definition) is 5. The molecule has 0 atom stereocenters. The van der Waals surface area contributed by atoms with Gasteiger partial charge < -0.3 is 9.30 Å². The van der Waals surface area contributed by atoms with Crippen LogP contribution < -0.4 is 0 Å². The summed E-state index contributed by atoms with van der Waals surface area (Å²) in [7, 11) is 1.85. The molecule has 0 fully saturated rings. The maximum absolute atomic E-state index is 12.4. The highest BCUT2D eigenvalue weighted by Crippen LogP contribution is 2.23. The van der Waals surface area contributed by atoms with Crippen molar-refractivity contribution in [3.8, 4) is 11.3 Å². The average Bonchev–Trinajstić information content (AvgIpc) is 3.20. The van der Waals surface area contributed by atoms with Crippen molar-refractivity contribution in [1.82, 2.24) is 25.0 Å². The third-order valence-electron chi connectivity index (χ3n) is 3.70. The van der Waals surface area contributed by atoms with E-state index in [-0.39, 0.29) is 6.61 Å². The number of carbonyl (C=O) groups is 1. The van der Waals surface area contributed by atoms with Gasteiger partial charge in [0.15, 0.2) is 12.4 Å². The first-order valence-corrected chi connectivity index (χ1v) is 7.81. The minimum Gasteiger partial charge on any atom is -0.454 e. The van der Waals surface area contributed by atoms with Gasteiger partial charge in [-0.25, -0.2) is 4.79 Å². The number of nitrogens with one attached hydrogen (secondary N) is 1. The third kappa shape index (κ3) is 3.16. The molecule has 0 saturated carbocycles. The second-order valence-corrected chi connectivity index (χ2v) is 5.62.